The maximum atomic E-state index is 14.1. The van der Waals surface area contributed by atoms with Crippen molar-refractivity contribution < 1.29 is 18.7 Å². The van der Waals surface area contributed by atoms with Gasteiger partial charge in [-0.15, -0.1) is 0 Å². The highest BCUT2D eigenvalue weighted by Gasteiger charge is 2.21. The number of benzene rings is 1. The Labute approximate surface area is 138 Å². The van der Waals surface area contributed by atoms with Crippen molar-refractivity contribution >= 4 is 39.3 Å². The number of anilines is 1. The van der Waals surface area contributed by atoms with E-state index in [1.807, 2.05) is 0 Å². The summed E-state index contributed by atoms with van der Waals surface area (Å²) in [5.41, 5.74) is 5.59. The van der Waals surface area contributed by atoms with Gasteiger partial charge in [0.1, 0.15) is 17.4 Å². The third-order valence-electron chi connectivity index (χ3n) is 2.74. The number of methoxy groups -OCH3 is 2. The number of esters is 1. The average Bonchev–Trinajstić information content (AvgIpc) is 2.49. The molecule has 1 aromatic heterocycles. The quantitative estimate of drug-likeness (QED) is 0.811. The van der Waals surface area contributed by atoms with Crippen LogP contribution in [0.25, 0.3) is 11.4 Å². The van der Waals surface area contributed by atoms with Gasteiger partial charge in [-0.1, -0.05) is 11.6 Å². The molecule has 22 heavy (non-hydrogen) atoms. The molecule has 0 spiro atoms. The van der Waals surface area contributed by atoms with Crippen LogP contribution in [0.1, 0.15) is 10.5 Å². The second-order valence-electron chi connectivity index (χ2n) is 4.05. The molecular weight excluding hydrogens is 381 g/mol. The van der Waals surface area contributed by atoms with E-state index >= 15 is 0 Å². The summed E-state index contributed by atoms with van der Waals surface area (Å²) in [6.07, 6.45) is 0. The third-order valence-corrected chi connectivity index (χ3v) is 3.82. The molecule has 116 valence electrons. The lowest BCUT2D eigenvalue weighted by atomic mass is 10.1. The van der Waals surface area contributed by atoms with Crippen LogP contribution in [0.4, 0.5) is 10.2 Å². The van der Waals surface area contributed by atoms with E-state index in [0.29, 0.717) is 0 Å². The zero-order chi connectivity index (χ0) is 16.4. The largest absolute Gasteiger partial charge is 0.495 e. The molecule has 0 unspecified atom stereocenters. The summed E-state index contributed by atoms with van der Waals surface area (Å²) in [4.78, 5) is 19.6. The van der Waals surface area contributed by atoms with Gasteiger partial charge in [-0.2, -0.15) is 0 Å². The van der Waals surface area contributed by atoms with E-state index in [1.54, 1.807) is 0 Å². The Morgan fingerprint density at radius 2 is 2.05 bits per heavy atom. The number of halogens is 3. The Morgan fingerprint density at radius 3 is 2.64 bits per heavy atom. The number of rotatable bonds is 3. The van der Waals surface area contributed by atoms with Gasteiger partial charge in [0.15, 0.2) is 11.5 Å². The fourth-order valence-corrected chi connectivity index (χ4v) is 2.24. The molecule has 0 aliphatic rings. The minimum Gasteiger partial charge on any atom is -0.495 e. The number of hydrogen-bond acceptors (Lipinski definition) is 6. The smallest absolute Gasteiger partial charge is 0.358 e. The van der Waals surface area contributed by atoms with E-state index in [-0.39, 0.29) is 38.1 Å². The Hall–Kier alpha value is -1.93. The molecule has 6 nitrogen and oxygen atoms in total. The van der Waals surface area contributed by atoms with Crippen molar-refractivity contribution in [3.63, 3.8) is 0 Å². The van der Waals surface area contributed by atoms with E-state index in [1.165, 1.54) is 20.3 Å². The number of nitrogens with two attached hydrogens (primary N) is 1. The first-order valence-corrected chi connectivity index (χ1v) is 7.00. The van der Waals surface area contributed by atoms with Crippen molar-refractivity contribution in [2.75, 3.05) is 20.0 Å². The van der Waals surface area contributed by atoms with Crippen molar-refractivity contribution in [3.05, 3.63) is 33.1 Å². The van der Waals surface area contributed by atoms with Crippen LogP contribution in [0.2, 0.25) is 5.02 Å². The second kappa shape index (κ2) is 6.45. The molecule has 1 aromatic carbocycles. The zero-order valence-corrected chi connectivity index (χ0v) is 13.8. The van der Waals surface area contributed by atoms with Gasteiger partial charge in [0.05, 0.1) is 29.3 Å². The summed E-state index contributed by atoms with van der Waals surface area (Å²) in [6, 6.07) is 2.39. The van der Waals surface area contributed by atoms with Crippen molar-refractivity contribution in [1.29, 1.82) is 0 Å². The predicted octanol–water partition coefficient (Wildman–Crippen LogP) is 3.08. The average molecular weight is 391 g/mol. The molecule has 0 saturated carbocycles. The van der Waals surface area contributed by atoms with Gasteiger partial charge in [0, 0.05) is 0 Å². The van der Waals surface area contributed by atoms with Crippen LogP contribution in [0.15, 0.2) is 16.6 Å². The summed E-state index contributed by atoms with van der Waals surface area (Å²) < 4.78 is 23.9. The van der Waals surface area contributed by atoms with Gasteiger partial charge in [-0.25, -0.2) is 19.2 Å². The van der Waals surface area contributed by atoms with Gasteiger partial charge in [-0.05, 0) is 28.1 Å². The van der Waals surface area contributed by atoms with Crippen LogP contribution < -0.4 is 10.5 Å². The lowest BCUT2D eigenvalue weighted by Crippen LogP contribution is -2.10. The number of carbonyl (C=O) groups is 1. The minimum atomic E-state index is -0.733. The van der Waals surface area contributed by atoms with Crippen molar-refractivity contribution in [3.8, 4) is 17.1 Å². The third kappa shape index (κ3) is 2.97. The highest BCUT2D eigenvalue weighted by Crippen LogP contribution is 2.33. The number of aromatic nitrogens is 2. The van der Waals surface area contributed by atoms with Gasteiger partial charge in [0.25, 0.3) is 0 Å². The fraction of sp³-hybridized carbons (Fsp3) is 0.154. The molecule has 0 aliphatic carbocycles. The van der Waals surface area contributed by atoms with Crippen LogP contribution in [0, 0.1) is 5.82 Å². The first kappa shape index (κ1) is 16.4. The molecule has 2 aromatic rings. The Kier molecular flexibility index (Phi) is 4.82. The van der Waals surface area contributed by atoms with Gasteiger partial charge in [0.2, 0.25) is 0 Å². The van der Waals surface area contributed by atoms with E-state index in [0.717, 1.165) is 6.07 Å². The van der Waals surface area contributed by atoms with Crippen LogP contribution in [-0.4, -0.2) is 30.2 Å². The highest BCUT2D eigenvalue weighted by molar-refractivity contribution is 9.10. The normalized spacial score (nSPS) is 10.4. The minimum absolute atomic E-state index is 0.00870. The first-order valence-electron chi connectivity index (χ1n) is 5.83. The van der Waals surface area contributed by atoms with Gasteiger partial charge in [-0.3, -0.25) is 0 Å². The number of nitrogens with zero attached hydrogens (tertiary/aromatic N) is 2. The molecule has 0 amide bonds. The SMILES string of the molecule is COC(=O)c1nc(-c2cc(OC)c(Cl)cc2F)nc(N)c1Br. The standard InChI is InChI=1S/C13H10BrClFN3O3/c1-21-8-3-5(7(16)4-6(8)15)12-18-10(13(20)22-2)9(14)11(17)19-12/h3-4H,1-2H3,(H2,17,18,19). The van der Waals surface area contributed by atoms with Crippen LogP contribution in [0.3, 0.4) is 0 Å². The second-order valence-corrected chi connectivity index (χ2v) is 5.25. The predicted molar refractivity (Wildman–Crippen MR) is 82.4 cm³/mol. The van der Waals surface area contributed by atoms with Crippen LogP contribution in [0.5, 0.6) is 5.75 Å². The fourth-order valence-electron chi connectivity index (χ4n) is 1.67. The Balaban J connectivity index is 2.68. The van der Waals surface area contributed by atoms with Gasteiger partial charge < -0.3 is 15.2 Å². The molecule has 0 bridgehead atoms. The topological polar surface area (TPSA) is 87.3 Å². The van der Waals surface area contributed by atoms with Crippen molar-refractivity contribution in [2.24, 2.45) is 0 Å². The summed E-state index contributed by atoms with van der Waals surface area (Å²) in [5.74, 6) is -1.29. The number of nitrogen functional groups attached to an aromatic ring is 1. The molecule has 2 N–H and O–H groups in total. The van der Waals surface area contributed by atoms with Crippen LogP contribution in [-0.2, 0) is 4.74 Å². The van der Waals surface area contributed by atoms with E-state index in [9.17, 15) is 9.18 Å². The maximum absolute atomic E-state index is 14.1. The summed E-state index contributed by atoms with van der Waals surface area (Å²) in [5, 5.41) is 0.0991. The molecule has 0 radical (unpaired) electrons. The van der Waals surface area contributed by atoms with E-state index in [2.05, 4.69) is 30.6 Å². The molecule has 2 rings (SSSR count). The molecule has 0 saturated heterocycles. The van der Waals surface area contributed by atoms with Crippen LogP contribution >= 0.6 is 27.5 Å². The highest BCUT2D eigenvalue weighted by atomic mass is 79.9. The summed E-state index contributed by atoms with van der Waals surface area (Å²) >= 11 is 8.93. The number of ether oxygens (including phenoxy) is 2. The monoisotopic (exact) mass is 389 g/mol. The number of hydrogen-bond donors (Lipinski definition) is 1. The molecule has 0 atom stereocenters. The molecule has 1 heterocycles. The van der Waals surface area contributed by atoms with Gasteiger partial charge >= 0.3 is 5.97 Å². The molecular formula is C13H10BrClFN3O3. The first-order chi connectivity index (χ1) is 10.4. The molecule has 0 aliphatic heterocycles. The maximum Gasteiger partial charge on any atom is 0.358 e. The van der Waals surface area contributed by atoms with E-state index < -0.39 is 11.8 Å². The number of carbonyl (C=O) groups excluding carboxylic acids is 1. The van der Waals surface area contributed by atoms with E-state index in [4.69, 9.17) is 22.1 Å². The lowest BCUT2D eigenvalue weighted by molar-refractivity contribution is 0.0593. The zero-order valence-electron chi connectivity index (χ0n) is 11.5. The Bertz CT molecular complexity index is 758. The lowest BCUT2D eigenvalue weighted by Gasteiger charge is -2.10. The molecule has 9 heteroatoms. The molecule has 0 fully saturated rings. The summed E-state index contributed by atoms with van der Waals surface area (Å²) in [6.45, 7) is 0. The summed E-state index contributed by atoms with van der Waals surface area (Å²) in [7, 11) is 2.58. The van der Waals surface area contributed by atoms with Crippen molar-refractivity contribution in [1.82, 2.24) is 9.97 Å². The Morgan fingerprint density at radius 1 is 1.36 bits per heavy atom. The van der Waals surface area contributed by atoms with Crippen molar-refractivity contribution in [2.45, 2.75) is 0 Å².